The van der Waals surface area contributed by atoms with Crippen LogP contribution < -0.4 is 16.0 Å². The molecule has 3 unspecified atom stereocenters. The zero-order valence-corrected chi connectivity index (χ0v) is 32.9. The van der Waals surface area contributed by atoms with E-state index in [9.17, 15) is 9.59 Å². The van der Waals surface area contributed by atoms with Gasteiger partial charge in [0, 0.05) is 41.8 Å². The Morgan fingerprint density at radius 1 is 0.620 bits per heavy atom. The molecular formula is C42H65N5O2S. The van der Waals surface area contributed by atoms with Crippen LogP contribution >= 0.6 is 11.3 Å². The molecule has 4 rings (SSSR count). The van der Waals surface area contributed by atoms with Crippen molar-refractivity contribution in [2.75, 3.05) is 32.7 Å². The van der Waals surface area contributed by atoms with Gasteiger partial charge in [-0.05, 0) is 101 Å². The van der Waals surface area contributed by atoms with Crippen LogP contribution in [-0.2, 0) is 16.0 Å². The molecule has 1 aromatic carbocycles. The summed E-state index contributed by atoms with van der Waals surface area (Å²) in [5.74, 6) is -0.0834. The molecule has 276 valence electrons. The molecule has 0 aliphatic carbocycles. The smallest absolute Gasteiger partial charge is 0.261 e. The van der Waals surface area contributed by atoms with Crippen molar-refractivity contribution in [3.8, 4) is 10.4 Å². The maximum atomic E-state index is 14.3. The molecule has 3 atom stereocenters. The molecular weight excluding hydrogens is 639 g/mol. The van der Waals surface area contributed by atoms with E-state index in [1.165, 1.54) is 24.0 Å². The summed E-state index contributed by atoms with van der Waals surface area (Å²) in [7, 11) is 0. The van der Waals surface area contributed by atoms with Gasteiger partial charge in [-0.3, -0.25) is 9.59 Å². The second-order valence-corrected chi connectivity index (χ2v) is 15.2. The molecule has 2 aromatic rings. The van der Waals surface area contributed by atoms with E-state index in [-0.39, 0.29) is 23.9 Å². The van der Waals surface area contributed by atoms with Gasteiger partial charge in [0.25, 0.3) is 11.8 Å². The van der Waals surface area contributed by atoms with Gasteiger partial charge < -0.3 is 25.8 Å². The average molecular weight is 704 g/mol. The quantitative estimate of drug-likeness (QED) is 0.0957. The highest BCUT2D eigenvalue weighted by atomic mass is 32.1. The van der Waals surface area contributed by atoms with Gasteiger partial charge in [0.15, 0.2) is 0 Å². The van der Waals surface area contributed by atoms with Crippen molar-refractivity contribution in [1.82, 2.24) is 25.8 Å². The lowest BCUT2D eigenvalue weighted by Crippen LogP contribution is -2.43. The Balaban J connectivity index is 1.61. The van der Waals surface area contributed by atoms with Gasteiger partial charge in [0.2, 0.25) is 0 Å². The Morgan fingerprint density at radius 2 is 1.12 bits per heavy atom. The second-order valence-electron chi connectivity index (χ2n) is 14.2. The predicted octanol–water partition coefficient (Wildman–Crippen LogP) is 8.52. The number of unbranched alkanes of at least 4 members (excludes halogenated alkanes) is 3. The zero-order valence-electron chi connectivity index (χ0n) is 32.1. The first-order valence-electron chi connectivity index (χ1n) is 19.8. The van der Waals surface area contributed by atoms with Gasteiger partial charge in [-0.25, -0.2) is 0 Å². The van der Waals surface area contributed by atoms with E-state index in [0.717, 1.165) is 98.6 Å². The van der Waals surface area contributed by atoms with Crippen molar-refractivity contribution in [3.05, 3.63) is 63.7 Å². The minimum Gasteiger partial charge on any atom is -0.314 e. The van der Waals surface area contributed by atoms with E-state index in [0.29, 0.717) is 30.3 Å². The normalized spacial score (nSPS) is 16.6. The number of fused-ring (bicyclic) bond motifs is 1. The summed E-state index contributed by atoms with van der Waals surface area (Å²) >= 11 is 1.68. The maximum absolute atomic E-state index is 14.3. The second kappa shape index (κ2) is 20.3. The first-order chi connectivity index (χ1) is 24.3. The zero-order chi connectivity index (χ0) is 36.0. The van der Waals surface area contributed by atoms with Crippen LogP contribution in [0.1, 0.15) is 123 Å². The van der Waals surface area contributed by atoms with Crippen LogP contribution in [-0.4, -0.2) is 72.5 Å². The van der Waals surface area contributed by atoms with Gasteiger partial charge in [-0.1, -0.05) is 85.1 Å². The van der Waals surface area contributed by atoms with Crippen LogP contribution in [0.2, 0.25) is 0 Å². The van der Waals surface area contributed by atoms with Gasteiger partial charge in [-0.2, -0.15) is 0 Å². The highest BCUT2D eigenvalue weighted by Gasteiger charge is 2.48. The minimum atomic E-state index is -0.0417. The fourth-order valence-electron chi connectivity index (χ4n) is 7.03. The molecule has 7 nitrogen and oxygen atoms in total. The number of benzene rings is 1. The number of thiophene rings is 1. The fraction of sp³-hybridized carbons (Fsp3) is 0.619. The number of allylic oxidation sites excluding steroid dienone is 1. The Bertz CT molecular complexity index is 1440. The highest BCUT2D eigenvalue weighted by Crippen LogP contribution is 2.46. The molecule has 2 amide bonds. The summed E-state index contributed by atoms with van der Waals surface area (Å²) in [6.45, 7) is 19.3. The van der Waals surface area contributed by atoms with E-state index < -0.39 is 0 Å². The number of hydrogen-bond acceptors (Lipinski definition) is 6. The molecule has 0 spiro atoms. The summed E-state index contributed by atoms with van der Waals surface area (Å²) in [5.41, 5.74) is 5.27. The van der Waals surface area contributed by atoms with Crippen LogP contribution in [0.3, 0.4) is 0 Å². The lowest BCUT2D eigenvalue weighted by molar-refractivity contribution is -0.124. The van der Waals surface area contributed by atoms with E-state index in [2.05, 4.69) is 93.9 Å². The van der Waals surface area contributed by atoms with E-state index >= 15 is 0 Å². The Morgan fingerprint density at radius 3 is 1.66 bits per heavy atom. The third kappa shape index (κ3) is 9.96. The largest absolute Gasteiger partial charge is 0.314 e. The first-order valence-corrected chi connectivity index (χ1v) is 20.6. The number of hydrogen-bond donors (Lipinski definition) is 3. The van der Waals surface area contributed by atoms with Crippen LogP contribution in [0.4, 0.5) is 0 Å². The number of nitrogens with one attached hydrogen (secondary N) is 3. The number of nitrogens with zero attached hydrogens (tertiary/aromatic N) is 2. The summed E-state index contributed by atoms with van der Waals surface area (Å²) in [5, 5.41) is 11.0. The SMILES string of the molecule is CCCCNC(CC)CCc1ccc(-c2ccc(C3=C4C(=O)N(CC(CC)NCCCC)C(C)=C4C(=O)N3CC(CC)NCCCC)s2)cc1. The highest BCUT2D eigenvalue weighted by molar-refractivity contribution is 7.16. The van der Waals surface area contributed by atoms with Gasteiger partial charge in [0.05, 0.1) is 21.7 Å². The molecule has 8 heteroatoms. The van der Waals surface area contributed by atoms with Crippen molar-refractivity contribution in [3.63, 3.8) is 0 Å². The van der Waals surface area contributed by atoms with E-state index in [4.69, 9.17) is 0 Å². The average Bonchev–Trinajstić information content (AvgIpc) is 3.79. The molecule has 2 aliphatic rings. The molecule has 1 aromatic heterocycles. The molecule has 0 fully saturated rings. The van der Waals surface area contributed by atoms with Crippen molar-refractivity contribution in [2.24, 2.45) is 0 Å². The summed E-state index contributed by atoms with van der Waals surface area (Å²) in [4.78, 5) is 34.6. The van der Waals surface area contributed by atoms with Crippen LogP contribution in [0, 0.1) is 0 Å². The topological polar surface area (TPSA) is 76.7 Å². The predicted molar refractivity (Wildman–Crippen MR) is 212 cm³/mol. The lowest BCUT2D eigenvalue weighted by Gasteiger charge is -2.29. The van der Waals surface area contributed by atoms with Crippen LogP contribution in [0.5, 0.6) is 0 Å². The molecule has 0 saturated carbocycles. The molecule has 50 heavy (non-hydrogen) atoms. The first kappa shape index (κ1) is 40.0. The lowest BCUT2D eigenvalue weighted by atomic mass is 10.0. The molecule has 0 saturated heterocycles. The van der Waals surface area contributed by atoms with Crippen LogP contribution in [0.25, 0.3) is 16.1 Å². The number of rotatable bonds is 24. The van der Waals surface area contributed by atoms with Crippen molar-refractivity contribution in [1.29, 1.82) is 0 Å². The summed E-state index contributed by atoms with van der Waals surface area (Å²) in [6, 6.07) is 14.1. The van der Waals surface area contributed by atoms with Crippen LogP contribution in [0.15, 0.2) is 53.2 Å². The third-order valence-electron chi connectivity index (χ3n) is 10.5. The summed E-state index contributed by atoms with van der Waals surface area (Å²) in [6.07, 6.45) is 12.1. The van der Waals surface area contributed by atoms with Gasteiger partial charge in [-0.15, -0.1) is 11.3 Å². The molecule has 0 bridgehead atoms. The van der Waals surface area contributed by atoms with Crippen molar-refractivity contribution >= 4 is 28.8 Å². The van der Waals surface area contributed by atoms with Gasteiger partial charge in [0.1, 0.15) is 0 Å². The van der Waals surface area contributed by atoms with Crippen molar-refractivity contribution < 1.29 is 9.59 Å². The Kier molecular flexibility index (Phi) is 16.2. The number of carbonyl (C=O) groups excluding carboxylic acids is 2. The fourth-order valence-corrected chi connectivity index (χ4v) is 8.10. The molecule has 0 radical (unpaired) electrons. The monoisotopic (exact) mass is 703 g/mol. The Hall–Kier alpha value is -2.78. The molecule has 3 N–H and O–H groups in total. The minimum absolute atomic E-state index is 0.0417. The van der Waals surface area contributed by atoms with Gasteiger partial charge >= 0.3 is 0 Å². The molecule has 2 aliphatic heterocycles. The molecule has 3 heterocycles. The number of aryl methyl sites for hydroxylation is 1. The standard InChI is InChI=1S/C42H65N5O2S/c1-8-14-25-43-33(11-4)22-19-31-17-20-32(21-18-31)36-23-24-37(50-36)40-39-38(41(48)47(40)29-35(13-6)45-27-16-10-3)30(7)46(42(39)49)28-34(12-5)44-26-15-9-2/h17-18,20-21,23-24,33-35,43-45H,8-16,19,22,25-29H2,1-7H3. The maximum Gasteiger partial charge on any atom is 0.261 e. The number of carbonyl (C=O) groups is 2. The Labute approximate surface area is 307 Å². The van der Waals surface area contributed by atoms with Crippen molar-refractivity contribution in [2.45, 2.75) is 137 Å². The number of amides is 2. The van der Waals surface area contributed by atoms with E-state index in [1.54, 1.807) is 11.3 Å². The van der Waals surface area contributed by atoms with E-state index in [1.807, 2.05) is 16.7 Å². The summed E-state index contributed by atoms with van der Waals surface area (Å²) < 4.78 is 0. The third-order valence-corrected chi connectivity index (χ3v) is 11.6.